The van der Waals surface area contributed by atoms with Crippen LogP contribution >= 0.6 is 23.5 Å². The number of phosphoric ester groups is 2. The smallest absolute Gasteiger partial charge is 0.456 e. The van der Waals surface area contributed by atoms with Crippen molar-refractivity contribution in [2.45, 2.75) is 121 Å². The molecule has 1 saturated heterocycles. The van der Waals surface area contributed by atoms with E-state index in [4.69, 9.17) is 19.4 Å². The molecule has 3 unspecified atom stereocenters. The number of nitrogens with zero attached hydrogens (tertiary/aromatic N) is 5. The summed E-state index contributed by atoms with van der Waals surface area (Å²) in [7, 11) is -21.3. The number of H-pyrrole nitrogens is 1. The van der Waals surface area contributed by atoms with Crippen LogP contribution in [-0.4, -0.2) is 121 Å². The van der Waals surface area contributed by atoms with Crippen LogP contribution in [-0.2, 0) is 56.4 Å². The lowest BCUT2D eigenvalue weighted by molar-refractivity contribution is -0.121. The third-order valence-electron chi connectivity index (χ3n) is 14.9. The van der Waals surface area contributed by atoms with Gasteiger partial charge in [-0.2, -0.15) is 22.0 Å². The number of benzene rings is 3. The molecule has 0 saturated carbocycles. The average molecular weight is 1270 g/mol. The molecule has 0 bridgehead atoms. The Morgan fingerprint density at radius 1 is 0.907 bits per heavy atom. The summed E-state index contributed by atoms with van der Waals surface area (Å²) in [4.78, 5) is 67.2. The van der Waals surface area contributed by atoms with Crippen LogP contribution in [0.5, 0.6) is 0 Å². The summed E-state index contributed by atoms with van der Waals surface area (Å²) >= 11 is 0. The molecular formula is C55H72N8O19P3S+. The van der Waals surface area contributed by atoms with Gasteiger partial charge in [-0.15, -0.1) is 0 Å². The van der Waals surface area contributed by atoms with Crippen molar-refractivity contribution in [2.75, 3.05) is 50.0 Å². The third-order valence-corrected chi connectivity index (χ3v) is 20.0. The number of amides is 1. The molecule has 1 fully saturated rings. The number of carbonyl (C=O) groups is 1. The Kier molecular flexibility index (Phi) is 21.1. The number of carbonyl (C=O) groups excluding carboxylic acids is 1. The normalized spacial score (nSPS) is 20.4. The van der Waals surface area contributed by atoms with Crippen LogP contribution in [0.2, 0.25) is 0 Å². The van der Waals surface area contributed by atoms with Gasteiger partial charge < -0.3 is 50.0 Å². The largest absolute Gasteiger partial charge is 0.490 e. The van der Waals surface area contributed by atoms with Crippen LogP contribution in [0.1, 0.15) is 102 Å². The molecule has 86 heavy (non-hydrogen) atoms. The molecule has 0 spiro atoms. The first-order valence-corrected chi connectivity index (χ1v) is 33.8. The predicted molar refractivity (Wildman–Crippen MR) is 318 cm³/mol. The van der Waals surface area contributed by atoms with E-state index >= 15 is 0 Å². The average Bonchev–Trinajstić information content (AvgIpc) is 1.78. The standard InChI is InChI=1S/C55H71N8O19P3S/c1-6-61(7-2)37-24-26-40-39(35(3)50(79-43(40)31-37)36-19-12-10-13-20-36)21-18-22-45-55(4,5)41-32-38(86(74,75)76)25-27-42(41)62(45)29-16-11-14-23-46(64)57-28-15-8-9-17-30-77-83(68,69)81-85(72,73)82-84(70,71)78-33-44-48(65)49(66)53(80-44)63-34-58-47-51(63)59-54(56)60-52(47)67/h10,12-13,18-22,24-27,31-32,34,44,48-49,53,65-66H,6-9,11,14-17,23,28-30,33H2,1-5H3,(H7-,56,57,59,60,64,67,68,69,70,71,72,73,74,75,76)/p+1/t44-,48-,49-,53-/m1/s1. The van der Waals surface area contributed by atoms with Crippen molar-refractivity contribution in [3.8, 4) is 22.6 Å². The Morgan fingerprint density at radius 3 is 2.31 bits per heavy atom. The van der Waals surface area contributed by atoms with Gasteiger partial charge in [-0.05, 0) is 87.9 Å². The highest BCUT2D eigenvalue weighted by atomic mass is 32.2. The van der Waals surface area contributed by atoms with Crippen LogP contribution < -0.4 is 31.4 Å². The predicted octanol–water partition coefficient (Wildman–Crippen LogP) is 7.05. The molecule has 31 heteroatoms. The maximum absolute atomic E-state index is 12.8. The highest BCUT2D eigenvalue weighted by Gasteiger charge is 2.48. The first-order valence-electron chi connectivity index (χ1n) is 27.8. The SMILES string of the molecule is CC[N+](CC)=c1ccc2c(/C=C/C=C3/N(CCCCCC(=O)NCCCCCCOP(=O)(O)OP(=O)(O)OP(=O)(O)OC[C@H]4O[C@@H](n5cnc6c(=O)[nH]c(N)nc65)[C@H](O)[C@@H]4O)c4ccc(S(=O)(=O)O)cc4C3(C)C)c(C)c(-c3ccccc3)oc-2c1. The molecule has 27 nitrogen and oxygen atoms in total. The van der Waals surface area contributed by atoms with Crippen molar-refractivity contribution >= 4 is 68.4 Å². The van der Waals surface area contributed by atoms with Crippen LogP contribution in [0.25, 0.3) is 39.9 Å². The second kappa shape index (κ2) is 27.6. The maximum Gasteiger partial charge on any atom is 0.490 e. The van der Waals surface area contributed by atoms with E-state index in [0.717, 1.165) is 80.1 Å². The van der Waals surface area contributed by atoms with Crippen LogP contribution in [0, 0.1) is 6.92 Å². The van der Waals surface area contributed by atoms with Crippen molar-refractivity contribution in [1.29, 1.82) is 0 Å². The van der Waals surface area contributed by atoms with Crippen molar-refractivity contribution in [1.82, 2.24) is 29.4 Å². The Morgan fingerprint density at radius 2 is 1.60 bits per heavy atom. The number of allylic oxidation sites excluding steroid dienone is 3. The van der Waals surface area contributed by atoms with E-state index in [9.17, 15) is 61.1 Å². The summed E-state index contributed by atoms with van der Waals surface area (Å²) in [5.74, 6) is 1.07. The van der Waals surface area contributed by atoms with Crippen molar-refractivity contribution in [2.24, 2.45) is 0 Å². The van der Waals surface area contributed by atoms with Gasteiger partial charge in [0.05, 0.1) is 30.5 Å². The van der Waals surface area contributed by atoms with Gasteiger partial charge >= 0.3 is 23.5 Å². The Balaban J connectivity index is 0.775. The Hall–Kier alpha value is -6.03. The lowest BCUT2D eigenvalue weighted by Gasteiger charge is -2.27. The number of hydrogen-bond acceptors (Lipinski definition) is 19. The molecule has 2 aromatic heterocycles. The van der Waals surface area contributed by atoms with Crippen molar-refractivity contribution in [3.05, 3.63) is 123 Å². The fraction of sp³-hybridized carbons (Fsp3) is 0.436. The van der Waals surface area contributed by atoms with Gasteiger partial charge in [0.2, 0.25) is 17.2 Å². The molecular weight excluding hydrogens is 1200 g/mol. The van der Waals surface area contributed by atoms with Gasteiger partial charge in [0.15, 0.2) is 17.4 Å². The van der Waals surface area contributed by atoms with Gasteiger partial charge in [-0.1, -0.05) is 75.6 Å². The zero-order valence-corrected chi connectivity index (χ0v) is 51.4. The van der Waals surface area contributed by atoms with Gasteiger partial charge in [0.1, 0.15) is 42.9 Å². The number of nitrogens with two attached hydrogens (primary N) is 1. The summed E-state index contributed by atoms with van der Waals surface area (Å²) in [6.45, 7) is 11.4. The highest BCUT2D eigenvalue weighted by Crippen LogP contribution is 2.68. The summed E-state index contributed by atoms with van der Waals surface area (Å²) in [6, 6.07) is 20.9. The number of nitrogens with one attached hydrogen (secondary N) is 2. The Bertz CT molecular complexity index is 3870. The van der Waals surface area contributed by atoms with Gasteiger partial charge in [0, 0.05) is 59.1 Å². The molecule has 3 aliphatic heterocycles. The number of imidazole rings is 1. The number of phosphoric acid groups is 3. The number of aromatic nitrogens is 4. The number of rotatable bonds is 28. The quantitative estimate of drug-likeness (QED) is 0.0103. The highest BCUT2D eigenvalue weighted by molar-refractivity contribution is 7.85. The van der Waals surface area contributed by atoms with E-state index in [-0.39, 0.29) is 40.8 Å². The Labute approximate surface area is 495 Å². The number of hydrogen-bond donors (Lipinski definition) is 9. The van der Waals surface area contributed by atoms with Gasteiger partial charge in [-0.25, -0.2) is 23.3 Å². The van der Waals surface area contributed by atoms with Crippen LogP contribution in [0.15, 0.2) is 105 Å². The first kappa shape index (κ1) is 65.9. The summed E-state index contributed by atoms with van der Waals surface area (Å²) in [5, 5.41) is 25.1. The molecule has 4 aliphatic rings. The van der Waals surface area contributed by atoms with E-state index < -0.39 is 82.3 Å². The molecule has 466 valence electrons. The van der Waals surface area contributed by atoms with Crippen LogP contribution in [0.4, 0.5) is 11.6 Å². The number of fused-ring (bicyclic) bond motifs is 3. The maximum atomic E-state index is 12.8. The molecule has 1 aliphatic carbocycles. The second-order valence-electron chi connectivity index (χ2n) is 21.1. The van der Waals surface area contributed by atoms with Crippen molar-refractivity contribution in [3.63, 3.8) is 0 Å². The topological polar surface area (TPSA) is 391 Å². The lowest BCUT2D eigenvalue weighted by Crippen LogP contribution is -2.33. The summed E-state index contributed by atoms with van der Waals surface area (Å²) < 4.78 is 105. The second-order valence-corrected chi connectivity index (χ2v) is 27.2. The third kappa shape index (κ3) is 15.8. The van der Waals surface area contributed by atoms with Gasteiger partial charge in [-0.3, -0.25) is 32.7 Å². The van der Waals surface area contributed by atoms with Crippen molar-refractivity contribution < 1.29 is 83.2 Å². The number of nitrogen functional groups attached to an aromatic ring is 1. The fourth-order valence-corrected chi connectivity index (χ4v) is 14.6. The van der Waals surface area contributed by atoms with E-state index in [1.54, 1.807) is 6.07 Å². The summed E-state index contributed by atoms with van der Waals surface area (Å²) in [6.07, 6.45) is 4.62. The molecule has 0 radical (unpaired) electrons. The zero-order chi connectivity index (χ0) is 62.4. The van der Waals surface area contributed by atoms with E-state index in [2.05, 4.69) is 81.0 Å². The molecule has 2 aromatic carbocycles. The van der Waals surface area contributed by atoms with Gasteiger partial charge in [0.25, 0.3) is 15.7 Å². The number of unbranched alkanes of at least 4 members (excludes halogenated alkanes) is 5. The van der Waals surface area contributed by atoms with E-state index in [1.165, 1.54) is 12.1 Å². The molecule has 4 aromatic rings. The number of aliphatic hydroxyl groups is 2. The number of ether oxygens (including phenoxy) is 1. The number of anilines is 2. The van der Waals surface area contributed by atoms with E-state index in [1.807, 2.05) is 63.3 Å². The van der Waals surface area contributed by atoms with Crippen LogP contribution in [0.3, 0.4) is 0 Å². The molecule has 1 amide bonds. The fourth-order valence-electron chi connectivity index (χ4n) is 10.5. The lowest BCUT2D eigenvalue weighted by atomic mass is 9.83. The van der Waals surface area contributed by atoms with E-state index in [0.29, 0.717) is 51.6 Å². The minimum absolute atomic E-state index is 0.128. The number of aliphatic hydroxyl groups excluding tert-OH is 2. The number of aromatic amines is 1. The monoisotopic (exact) mass is 1270 g/mol. The molecule has 7 atom stereocenters. The molecule has 10 N–H and O–H groups in total. The minimum Gasteiger partial charge on any atom is -0.456 e. The minimum atomic E-state index is -5.84. The molecule has 5 heterocycles. The summed E-state index contributed by atoms with van der Waals surface area (Å²) in [5.41, 5.74) is 10.2. The molecule has 8 rings (SSSR count). The first-order chi connectivity index (χ1) is 40.6. The zero-order valence-electron chi connectivity index (χ0n) is 47.9.